The average molecular weight is 243 g/mol. The van der Waals surface area contributed by atoms with Crippen LogP contribution in [0.1, 0.15) is 46.0 Å². The minimum absolute atomic E-state index is 0.378. The van der Waals surface area contributed by atoms with E-state index in [0.717, 1.165) is 38.8 Å². The van der Waals surface area contributed by atoms with Crippen molar-refractivity contribution in [2.24, 2.45) is 5.92 Å². The molecule has 1 atom stereocenters. The first-order valence-electron chi connectivity index (χ1n) is 7.19. The van der Waals surface area contributed by atoms with E-state index in [-0.39, 0.29) is 0 Å². The molecule has 1 heterocycles. The van der Waals surface area contributed by atoms with Crippen molar-refractivity contribution in [3.8, 4) is 0 Å². The molecule has 0 aromatic rings. The minimum atomic E-state index is 0.378. The lowest BCUT2D eigenvalue weighted by Gasteiger charge is -2.10. The molecule has 17 heavy (non-hydrogen) atoms. The van der Waals surface area contributed by atoms with Gasteiger partial charge in [-0.1, -0.05) is 13.8 Å². The maximum atomic E-state index is 5.62. The zero-order chi connectivity index (χ0) is 12.3. The molecule has 1 aliphatic heterocycles. The van der Waals surface area contributed by atoms with Gasteiger partial charge in [-0.05, 0) is 51.1 Å². The molecule has 0 amide bonds. The van der Waals surface area contributed by atoms with Gasteiger partial charge in [-0.2, -0.15) is 0 Å². The Balaban J connectivity index is 1.72. The molecular weight excluding hydrogens is 214 g/mol. The molecule has 1 rings (SSSR count). The SMILES string of the molecule is CC(C)CNCCCCCOCC1CCCO1. The largest absolute Gasteiger partial charge is 0.379 e. The molecule has 0 spiro atoms. The Kier molecular flexibility index (Phi) is 8.67. The van der Waals surface area contributed by atoms with Gasteiger partial charge >= 0.3 is 0 Å². The summed E-state index contributed by atoms with van der Waals surface area (Å²) < 4.78 is 11.1. The van der Waals surface area contributed by atoms with Gasteiger partial charge in [-0.25, -0.2) is 0 Å². The van der Waals surface area contributed by atoms with Gasteiger partial charge in [0.1, 0.15) is 0 Å². The van der Waals surface area contributed by atoms with Gasteiger partial charge in [-0.3, -0.25) is 0 Å². The Bertz CT molecular complexity index is 168. The first kappa shape index (κ1) is 14.9. The molecule has 1 fully saturated rings. The topological polar surface area (TPSA) is 30.5 Å². The number of nitrogens with one attached hydrogen (secondary N) is 1. The van der Waals surface area contributed by atoms with Crippen LogP contribution in [0.2, 0.25) is 0 Å². The second kappa shape index (κ2) is 9.86. The van der Waals surface area contributed by atoms with Crippen molar-refractivity contribution in [3.05, 3.63) is 0 Å². The van der Waals surface area contributed by atoms with Crippen LogP contribution >= 0.6 is 0 Å². The molecule has 0 radical (unpaired) electrons. The van der Waals surface area contributed by atoms with E-state index in [1.807, 2.05) is 0 Å². The van der Waals surface area contributed by atoms with E-state index in [4.69, 9.17) is 9.47 Å². The van der Waals surface area contributed by atoms with Gasteiger partial charge in [0.15, 0.2) is 0 Å². The van der Waals surface area contributed by atoms with Crippen LogP contribution in [0, 0.1) is 5.92 Å². The van der Waals surface area contributed by atoms with E-state index in [1.54, 1.807) is 0 Å². The molecule has 1 saturated heterocycles. The maximum Gasteiger partial charge on any atom is 0.0809 e. The van der Waals surface area contributed by atoms with Crippen molar-refractivity contribution < 1.29 is 9.47 Å². The van der Waals surface area contributed by atoms with Gasteiger partial charge < -0.3 is 14.8 Å². The molecule has 1 N–H and O–H groups in total. The number of unbranched alkanes of at least 4 members (excludes halogenated alkanes) is 2. The third-order valence-electron chi connectivity index (χ3n) is 3.02. The van der Waals surface area contributed by atoms with E-state index in [9.17, 15) is 0 Å². The first-order valence-corrected chi connectivity index (χ1v) is 7.19. The monoisotopic (exact) mass is 243 g/mol. The van der Waals surface area contributed by atoms with E-state index >= 15 is 0 Å². The van der Waals surface area contributed by atoms with Crippen LogP contribution in [0.5, 0.6) is 0 Å². The van der Waals surface area contributed by atoms with Crippen molar-refractivity contribution in [2.45, 2.75) is 52.1 Å². The highest BCUT2D eigenvalue weighted by Gasteiger charge is 2.14. The molecule has 1 aliphatic rings. The van der Waals surface area contributed by atoms with Crippen LogP contribution in [-0.2, 0) is 9.47 Å². The average Bonchev–Trinajstić information content (AvgIpc) is 2.79. The quantitative estimate of drug-likeness (QED) is 0.598. The fourth-order valence-corrected chi connectivity index (χ4v) is 2.01. The van der Waals surface area contributed by atoms with Crippen LogP contribution in [0.3, 0.4) is 0 Å². The molecule has 0 saturated carbocycles. The van der Waals surface area contributed by atoms with Gasteiger partial charge in [0.05, 0.1) is 12.7 Å². The smallest absolute Gasteiger partial charge is 0.0809 e. The fraction of sp³-hybridized carbons (Fsp3) is 1.00. The Morgan fingerprint density at radius 3 is 2.88 bits per heavy atom. The van der Waals surface area contributed by atoms with E-state index < -0.39 is 0 Å². The number of hydrogen-bond acceptors (Lipinski definition) is 3. The van der Waals surface area contributed by atoms with Crippen molar-refractivity contribution in [1.82, 2.24) is 5.32 Å². The summed E-state index contributed by atoms with van der Waals surface area (Å²) >= 11 is 0. The predicted molar refractivity (Wildman–Crippen MR) is 71.4 cm³/mol. The Morgan fingerprint density at radius 2 is 2.18 bits per heavy atom. The number of hydrogen-bond donors (Lipinski definition) is 1. The highest BCUT2D eigenvalue weighted by molar-refractivity contribution is 4.63. The fourth-order valence-electron chi connectivity index (χ4n) is 2.01. The summed E-state index contributed by atoms with van der Waals surface area (Å²) in [5.74, 6) is 0.754. The molecule has 0 bridgehead atoms. The standard InChI is InChI=1S/C14H29NO2/c1-13(2)11-15-8-4-3-5-9-16-12-14-7-6-10-17-14/h13-15H,3-12H2,1-2H3. The maximum absolute atomic E-state index is 5.62. The lowest BCUT2D eigenvalue weighted by atomic mass is 10.2. The Morgan fingerprint density at radius 1 is 1.29 bits per heavy atom. The van der Waals surface area contributed by atoms with Gasteiger partial charge in [0.2, 0.25) is 0 Å². The third-order valence-corrected chi connectivity index (χ3v) is 3.02. The molecule has 1 unspecified atom stereocenters. The lowest BCUT2D eigenvalue weighted by molar-refractivity contribution is 0.0161. The Hall–Kier alpha value is -0.120. The van der Waals surface area contributed by atoms with Crippen LogP contribution in [-0.4, -0.2) is 39.0 Å². The molecule has 3 nitrogen and oxygen atoms in total. The number of rotatable bonds is 10. The van der Waals surface area contributed by atoms with Crippen LogP contribution < -0.4 is 5.32 Å². The van der Waals surface area contributed by atoms with Crippen LogP contribution in [0.4, 0.5) is 0 Å². The zero-order valence-electron chi connectivity index (χ0n) is 11.5. The highest BCUT2D eigenvalue weighted by atomic mass is 16.5. The second-order valence-corrected chi connectivity index (χ2v) is 5.37. The van der Waals surface area contributed by atoms with E-state index in [2.05, 4.69) is 19.2 Å². The van der Waals surface area contributed by atoms with E-state index in [0.29, 0.717) is 6.10 Å². The van der Waals surface area contributed by atoms with Crippen molar-refractivity contribution in [3.63, 3.8) is 0 Å². The van der Waals surface area contributed by atoms with E-state index in [1.165, 1.54) is 32.1 Å². The molecule has 102 valence electrons. The van der Waals surface area contributed by atoms with Gasteiger partial charge in [-0.15, -0.1) is 0 Å². The predicted octanol–water partition coefficient (Wildman–Crippen LogP) is 2.60. The normalized spacial score (nSPS) is 20.3. The summed E-state index contributed by atoms with van der Waals surface area (Å²) in [7, 11) is 0. The molecule has 3 heteroatoms. The summed E-state index contributed by atoms with van der Waals surface area (Å²) in [6.07, 6.45) is 6.46. The third kappa shape index (κ3) is 8.58. The summed E-state index contributed by atoms with van der Waals surface area (Å²) in [6.45, 7) is 9.38. The number of ether oxygens (including phenoxy) is 2. The van der Waals surface area contributed by atoms with Gasteiger partial charge in [0.25, 0.3) is 0 Å². The minimum Gasteiger partial charge on any atom is -0.379 e. The molecular formula is C14H29NO2. The van der Waals surface area contributed by atoms with Crippen molar-refractivity contribution in [2.75, 3.05) is 32.9 Å². The second-order valence-electron chi connectivity index (χ2n) is 5.37. The Labute approximate surface area is 106 Å². The summed E-state index contributed by atoms with van der Waals surface area (Å²) in [5, 5.41) is 3.46. The summed E-state index contributed by atoms with van der Waals surface area (Å²) in [5.41, 5.74) is 0. The lowest BCUT2D eigenvalue weighted by Crippen LogP contribution is -2.20. The first-order chi connectivity index (χ1) is 8.29. The highest BCUT2D eigenvalue weighted by Crippen LogP contribution is 2.12. The molecule has 0 aliphatic carbocycles. The van der Waals surface area contributed by atoms with Gasteiger partial charge in [0, 0.05) is 13.2 Å². The zero-order valence-corrected chi connectivity index (χ0v) is 11.5. The van der Waals surface area contributed by atoms with Crippen molar-refractivity contribution >= 4 is 0 Å². The molecule has 0 aromatic heterocycles. The summed E-state index contributed by atoms with van der Waals surface area (Å²) in [6, 6.07) is 0. The summed E-state index contributed by atoms with van der Waals surface area (Å²) in [4.78, 5) is 0. The van der Waals surface area contributed by atoms with Crippen LogP contribution in [0.15, 0.2) is 0 Å². The van der Waals surface area contributed by atoms with Crippen molar-refractivity contribution in [1.29, 1.82) is 0 Å². The van der Waals surface area contributed by atoms with Crippen LogP contribution in [0.25, 0.3) is 0 Å². The molecule has 0 aromatic carbocycles.